The van der Waals surface area contributed by atoms with Crippen molar-refractivity contribution < 1.29 is 14.5 Å². The summed E-state index contributed by atoms with van der Waals surface area (Å²) in [5.74, 6) is 0.264. The molecule has 0 amide bonds. The van der Waals surface area contributed by atoms with Crippen LogP contribution in [0.15, 0.2) is 24.3 Å². The van der Waals surface area contributed by atoms with Crippen molar-refractivity contribution >= 4 is 11.7 Å². The number of carbonyl (C=O) groups is 1. The molecule has 1 aromatic rings. The molecule has 1 rings (SSSR count). The zero-order valence-corrected chi connectivity index (χ0v) is 12.4. The van der Waals surface area contributed by atoms with E-state index in [1.807, 2.05) is 6.92 Å². The number of rotatable bonds is 5. The van der Waals surface area contributed by atoms with Crippen molar-refractivity contribution in [2.45, 2.75) is 40.5 Å². The molecule has 1 atom stereocenters. The molecule has 0 saturated carbocycles. The fraction of sp³-hybridized carbons (Fsp3) is 0.533. The minimum absolute atomic E-state index is 0.0223. The Balaban J connectivity index is 2.52. The average Bonchev–Trinajstić information content (AvgIpc) is 2.26. The van der Waals surface area contributed by atoms with E-state index in [1.54, 1.807) is 0 Å². The summed E-state index contributed by atoms with van der Waals surface area (Å²) in [4.78, 5) is 21.8. The first-order valence-electron chi connectivity index (χ1n) is 6.62. The minimum Gasteiger partial charge on any atom is -0.427 e. The summed E-state index contributed by atoms with van der Waals surface area (Å²) in [5.41, 5.74) is 0.151. The van der Waals surface area contributed by atoms with Crippen LogP contribution in [0.3, 0.4) is 0 Å². The van der Waals surface area contributed by atoms with Gasteiger partial charge in [0.2, 0.25) is 0 Å². The van der Waals surface area contributed by atoms with E-state index in [9.17, 15) is 14.9 Å². The molecule has 0 aromatic heterocycles. The first-order chi connectivity index (χ1) is 9.17. The second kappa shape index (κ2) is 6.50. The standard InChI is InChI=1S/C15H21NO4/c1-11(10-15(2,3)4)9-14(17)20-13-7-5-12(6-8-13)16(18)19/h5-8,11H,9-10H2,1-4H3/t11-/m0/s1. The van der Waals surface area contributed by atoms with Gasteiger partial charge in [-0.25, -0.2) is 0 Å². The van der Waals surface area contributed by atoms with E-state index < -0.39 is 4.92 Å². The Morgan fingerprint density at radius 1 is 1.30 bits per heavy atom. The Kier molecular flexibility index (Phi) is 5.25. The molecule has 0 aliphatic heterocycles. The van der Waals surface area contributed by atoms with Crippen LogP contribution in [0.2, 0.25) is 0 Å². The second-order valence-electron chi connectivity index (χ2n) is 6.30. The van der Waals surface area contributed by atoms with Gasteiger partial charge in [0.15, 0.2) is 0 Å². The SMILES string of the molecule is C[C@@H](CC(=O)Oc1ccc([N+](=O)[O-])cc1)CC(C)(C)C. The van der Waals surface area contributed by atoms with Gasteiger partial charge in [0.05, 0.1) is 4.92 Å². The van der Waals surface area contributed by atoms with Crippen molar-refractivity contribution in [1.82, 2.24) is 0 Å². The first-order valence-corrected chi connectivity index (χ1v) is 6.62. The zero-order valence-electron chi connectivity index (χ0n) is 12.4. The Bertz CT molecular complexity index is 474. The van der Waals surface area contributed by atoms with Crippen LogP contribution in [0.25, 0.3) is 0 Å². The molecular weight excluding hydrogens is 258 g/mol. The van der Waals surface area contributed by atoms with Crippen LogP contribution in [0, 0.1) is 21.4 Å². The highest BCUT2D eigenvalue weighted by atomic mass is 16.6. The lowest BCUT2D eigenvalue weighted by Crippen LogP contribution is -2.17. The van der Waals surface area contributed by atoms with Gasteiger partial charge in [0.1, 0.15) is 5.75 Å². The van der Waals surface area contributed by atoms with Crippen molar-refractivity contribution in [3.63, 3.8) is 0 Å². The predicted molar refractivity (Wildman–Crippen MR) is 76.6 cm³/mol. The van der Waals surface area contributed by atoms with Crippen molar-refractivity contribution in [2.75, 3.05) is 0 Å². The number of non-ortho nitro benzene ring substituents is 1. The second-order valence-corrected chi connectivity index (χ2v) is 6.30. The maximum Gasteiger partial charge on any atom is 0.311 e. The summed E-state index contributed by atoms with van der Waals surface area (Å²) >= 11 is 0. The highest BCUT2D eigenvalue weighted by Crippen LogP contribution is 2.26. The van der Waals surface area contributed by atoms with Crippen molar-refractivity contribution in [3.8, 4) is 5.75 Å². The third kappa shape index (κ3) is 5.82. The van der Waals surface area contributed by atoms with Crippen LogP contribution in [0.4, 0.5) is 5.69 Å². The highest BCUT2D eigenvalue weighted by molar-refractivity contribution is 5.72. The summed E-state index contributed by atoms with van der Waals surface area (Å²) in [6.07, 6.45) is 1.27. The molecule has 0 bridgehead atoms. The number of esters is 1. The molecule has 0 heterocycles. The molecule has 1 aromatic carbocycles. The third-order valence-electron chi connectivity index (χ3n) is 2.76. The van der Waals surface area contributed by atoms with Gasteiger partial charge in [-0.1, -0.05) is 27.7 Å². The summed E-state index contributed by atoms with van der Waals surface area (Å²) < 4.78 is 5.17. The molecule has 5 nitrogen and oxygen atoms in total. The molecule has 0 aliphatic carbocycles. The third-order valence-corrected chi connectivity index (χ3v) is 2.76. The molecule has 0 saturated heterocycles. The molecule has 0 spiro atoms. The smallest absolute Gasteiger partial charge is 0.311 e. The number of hydrogen-bond acceptors (Lipinski definition) is 4. The molecule has 0 N–H and O–H groups in total. The molecule has 0 fully saturated rings. The van der Waals surface area contributed by atoms with Crippen molar-refractivity contribution in [1.29, 1.82) is 0 Å². The van der Waals surface area contributed by atoms with Crippen LogP contribution >= 0.6 is 0 Å². The van der Waals surface area contributed by atoms with E-state index >= 15 is 0 Å². The first kappa shape index (κ1) is 16.1. The van der Waals surface area contributed by atoms with Crippen LogP contribution < -0.4 is 4.74 Å². The van der Waals surface area contributed by atoms with Gasteiger partial charge >= 0.3 is 5.97 Å². The Hall–Kier alpha value is -1.91. The quantitative estimate of drug-likeness (QED) is 0.354. The zero-order chi connectivity index (χ0) is 15.3. The van der Waals surface area contributed by atoms with Crippen molar-refractivity contribution in [2.24, 2.45) is 11.3 Å². The molecule has 20 heavy (non-hydrogen) atoms. The Labute approximate surface area is 119 Å². The number of ether oxygens (including phenoxy) is 1. The molecule has 5 heteroatoms. The van der Waals surface area contributed by atoms with Crippen LogP contribution in [-0.4, -0.2) is 10.9 Å². The number of nitrogens with zero attached hydrogens (tertiary/aromatic N) is 1. The van der Waals surface area contributed by atoms with Crippen LogP contribution in [-0.2, 0) is 4.79 Å². The molecule has 0 radical (unpaired) electrons. The predicted octanol–water partition coefficient (Wildman–Crippen LogP) is 3.96. The molecular formula is C15H21NO4. The lowest BCUT2D eigenvalue weighted by molar-refractivity contribution is -0.384. The fourth-order valence-corrected chi connectivity index (χ4v) is 2.21. The Morgan fingerprint density at radius 3 is 2.30 bits per heavy atom. The van der Waals surface area contributed by atoms with Gasteiger partial charge in [-0.2, -0.15) is 0 Å². The van der Waals surface area contributed by atoms with Crippen molar-refractivity contribution in [3.05, 3.63) is 34.4 Å². The van der Waals surface area contributed by atoms with E-state index in [2.05, 4.69) is 20.8 Å². The number of nitro benzene ring substituents is 1. The van der Waals surface area contributed by atoms with Gasteiger partial charge in [0.25, 0.3) is 5.69 Å². The summed E-state index contributed by atoms with van der Waals surface area (Å²) in [6.45, 7) is 8.41. The lowest BCUT2D eigenvalue weighted by Gasteiger charge is -2.22. The summed E-state index contributed by atoms with van der Waals surface area (Å²) in [7, 11) is 0. The van der Waals surface area contributed by atoms with Crippen LogP contribution in [0.1, 0.15) is 40.5 Å². The Morgan fingerprint density at radius 2 is 1.85 bits per heavy atom. The van der Waals surface area contributed by atoms with Gasteiger partial charge in [-0.3, -0.25) is 14.9 Å². The summed E-state index contributed by atoms with van der Waals surface area (Å²) in [6, 6.07) is 5.51. The van der Waals surface area contributed by atoms with Gasteiger partial charge < -0.3 is 4.74 Å². The molecule has 0 unspecified atom stereocenters. The van der Waals surface area contributed by atoms with E-state index in [0.29, 0.717) is 12.2 Å². The van der Waals surface area contributed by atoms with E-state index in [0.717, 1.165) is 6.42 Å². The average molecular weight is 279 g/mol. The monoisotopic (exact) mass is 279 g/mol. The molecule has 0 aliphatic rings. The van der Waals surface area contributed by atoms with Gasteiger partial charge in [0, 0.05) is 18.6 Å². The number of hydrogen-bond donors (Lipinski definition) is 0. The van der Waals surface area contributed by atoms with Gasteiger partial charge in [-0.05, 0) is 29.9 Å². The van der Waals surface area contributed by atoms with Gasteiger partial charge in [-0.15, -0.1) is 0 Å². The maximum atomic E-state index is 11.8. The number of carbonyl (C=O) groups excluding carboxylic acids is 1. The topological polar surface area (TPSA) is 69.4 Å². The maximum absolute atomic E-state index is 11.8. The fourth-order valence-electron chi connectivity index (χ4n) is 2.21. The number of nitro groups is 1. The van der Waals surface area contributed by atoms with E-state index in [1.165, 1.54) is 24.3 Å². The van der Waals surface area contributed by atoms with E-state index in [-0.39, 0.29) is 23.0 Å². The van der Waals surface area contributed by atoms with E-state index in [4.69, 9.17) is 4.74 Å². The highest BCUT2D eigenvalue weighted by Gasteiger charge is 2.18. The van der Waals surface area contributed by atoms with Crippen LogP contribution in [0.5, 0.6) is 5.75 Å². The summed E-state index contributed by atoms with van der Waals surface area (Å²) in [5, 5.41) is 10.5. The minimum atomic E-state index is -0.489. The molecule has 110 valence electrons. The lowest BCUT2D eigenvalue weighted by atomic mass is 9.84. The number of benzene rings is 1. The normalized spacial score (nSPS) is 12.8. The largest absolute Gasteiger partial charge is 0.427 e.